The fraction of sp³-hybridized carbons (Fsp3) is 0.0811. The summed E-state index contributed by atoms with van der Waals surface area (Å²) in [6, 6.07) is 43.1. The Labute approximate surface area is 237 Å². The van der Waals surface area contributed by atoms with Crippen LogP contribution in [-0.2, 0) is 11.8 Å². The van der Waals surface area contributed by atoms with E-state index in [4.69, 9.17) is 9.40 Å². The molecule has 1 aliphatic rings. The maximum Gasteiger partial charge on any atom is 0.135 e. The Morgan fingerprint density at radius 1 is 0.780 bits per heavy atom. The fourth-order valence-corrected chi connectivity index (χ4v) is 6.92. The van der Waals surface area contributed by atoms with Gasteiger partial charge in [0.05, 0.1) is 22.0 Å². The quantitative estimate of drug-likeness (QED) is 0.230. The molecule has 194 valence electrons. The van der Waals surface area contributed by atoms with E-state index in [2.05, 4.69) is 121 Å². The highest BCUT2D eigenvalue weighted by atomic mass is 16.3. The van der Waals surface area contributed by atoms with Crippen molar-refractivity contribution in [3.8, 4) is 22.9 Å². The van der Waals surface area contributed by atoms with Crippen LogP contribution in [-0.4, -0.2) is 9.55 Å². The van der Waals surface area contributed by atoms with Gasteiger partial charge < -0.3 is 4.42 Å². The smallest absolute Gasteiger partial charge is 0.135 e. The van der Waals surface area contributed by atoms with Crippen LogP contribution >= 0.6 is 0 Å². The van der Waals surface area contributed by atoms with E-state index in [1.807, 2.05) is 12.1 Å². The zero-order valence-corrected chi connectivity index (χ0v) is 22.5. The van der Waals surface area contributed by atoms with Gasteiger partial charge in [-0.2, -0.15) is 5.26 Å². The van der Waals surface area contributed by atoms with Crippen LogP contribution < -0.4 is 0 Å². The summed E-state index contributed by atoms with van der Waals surface area (Å²) in [6.45, 7) is 2.15. The molecule has 0 amide bonds. The first-order valence-electron chi connectivity index (χ1n) is 13.9. The molecule has 1 aliphatic carbocycles. The van der Waals surface area contributed by atoms with Crippen LogP contribution in [0.4, 0.5) is 0 Å². The van der Waals surface area contributed by atoms with Crippen molar-refractivity contribution in [1.82, 2.24) is 9.55 Å². The van der Waals surface area contributed by atoms with Crippen LogP contribution in [0.15, 0.2) is 126 Å². The van der Waals surface area contributed by atoms with E-state index in [1.165, 1.54) is 16.7 Å². The van der Waals surface area contributed by atoms with Gasteiger partial charge in [0.2, 0.25) is 0 Å². The van der Waals surface area contributed by atoms with E-state index < -0.39 is 5.41 Å². The average molecular weight is 528 g/mol. The maximum absolute atomic E-state index is 9.99. The number of nitriles is 1. The Morgan fingerprint density at radius 3 is 2.32 bits per heavy atom. The van der Waals surface area contributed by atoms with Gasteiger partial charge in [-0.3, -0.25) is 4.57 Å². The number of para-hydroxylation sites is 2. The average Bonchev–Trinajstić information content (AvgIpc) is 3.72. The topological polar surface area (TPSA) is 54.8 Å². The molecule has 0 fully saturated rings. The number of aryl methyl sites for hydroxylation is 1. The molecule has 7 aromatic rings. The minimum atomic E-state index is -0.561. The molecule has 0 radical (unpaired) electrons. The predicted molar refractivity (Wildman–Crippen MR) is 162 cm³/mol. The Balaban J connectivity index is 1.44. The Bertz CT molecular complexity index is 2150. The van der Waals surface area contributed by atoms with E-state index in [-0.39, 0.29) is 0 Å². The molecule has 2 aromatic heterocycles. The third-order valence-electron chi connectivity index (χ3n) is 8.58. The summed E-state index contributed by atoms with van der Waals surface area (Å²) in [5.74, 6) is 1.04. The number of hydrogen-bond acceptors (Lipinski definition) is 3. The Morgan fingerprint density at radius 2 is 1.51 bits per heavy atom. The highest BCUT2D eigenvalue weighted by Gasteiger charge is 2.47. The van der Waals surface area contributed by atoms with E-state index in [0.717, 1.165) is 56.6 Å². The summed E-state index contributed by atoms with van der Waals surface area (Å²) in [6.07, 6.45) is 2.42. The molecular formula is C37H25N3O. The second-order valence-corrected chi connectivity index (χ2v) is 10.5. The molecule has 8 rings (SSSR count). The molecule has 0 saturated heterocycles. The van der Waals surface area contributed by atoms with Gasteiger partial charge in [0.1, 0.15) is 23.7 Å². The van der Waals surface area contributed by atoms with Gasteiger partial charge in [-0.1, -0.05) is 91.9 Å². The van der Waals surface area contributed by atoms with E-state index >= 15 is 0 Å². The first-order chi connectivity index (χ1) is 20.3. The normalized spacial score (nSPS) is 15.6. The number of aromatic nitrogens is 2. The molecule has 0 N–H and O–H groups in total. The zero-order valence-electron chi connectivity index (χ0n) is 22.5. The second-order valence-electron chi connectivity index (χ2n) is 10.5. The standard InChI is InChI=1S/C37H25N3O/c1-2-34-39-31-14-8-9-15-32(31)40(34)27-18-16-26(17-19-27)37(25-10-4-3-5-11-25)29-13-7-6-12-28(29)36-30(37)20-21-33-35(36)24(22-38)23-41-33/h3-21,23H,2H2,1H3. The highest BCUT2D eigenvalue weighted by molar-refractivity contribution is 6.05. The fourth-order valence-electron chi connectivity index (χ4n) is 6.92. The van der Waals surface area contributed by atoms with Crippen LogP contribution in [0.2, 0.25) is 0 Å². The number of rotatable bonds is 4. The Hall–Kier alpha value is -5.40. The Kier molecular flexibility index (Phi) is 5.04. The first-order valence-corrected chi connectivity index (χ1v) is 13.9. The summed E-state index contributed by atoms with van der Waals surface area (Å²) < 4.78 is 8.11. The predicted octanol–water partition coefficient (Wildman–Crippen LogP) is 8.57. The van der Waals surface area contributed by atoms with Crippen LogP contribution in [0.1, 0.15) is 40.6 Å². The summed E-state index contributed by atoms with van der Waals surface area (Å²) in [7, 11) is 0. The lowest BCUT2D eigenvalue weighted by Gasteiger charge is -2.34. The molecule has 1 atom stereocenters. The summed E-state index contributed by atoms with van der Waals surface area (Å²) in [5, 5.41) is 10.9. The molecule has 41 heavy (non-hydrogen) atoms. The molecular weight excluding hydrogens is 502 g/mol. The number of benzene rings is 5. The number of fused-ring (bicyclic) bond motifs is 6. The maximum atomic E-state index is 9.99. The first kappa shape index (κ1) is 23.5. The molecule has 1 unspecified atom stereocenters. The van der Waals surface area contributed by atoms with Crippen molar-refractivity contribution in [2.75, 3.05) is 0 Å². The molecule has 0 aliphatic heterocycles. The summed E-state index contributed by atoms with van der Waals surface area (Å²) >= 11 is 0. The monoisotopic (exact) mass is 527 g/mol. The lowest BCUT2D eigenvalue weighted by Crippen LogP contribution is -2.28. The molecule has 0 saturated carbocycles. The van der Waals surface area contributed by atoms with Crippen LogP contribution in [0.25, 0.3) is 38.8 Å². The van der Waals surface area contributed by atoms with Gasteiger partial charge in [0, 0.05) is 17.5 Å². The molecule has 0 bridgehead atoms. The summed E-state index contributed by atoms with van der Waals surface area (Å²) in [4.78, 5) is 4.90. The van der Waals surface area contributed by atoms with E-state index in [1.54, 1.807) is 6.26 Å². The van der Waals surface area contributed by atoms with E-state index in [0.29, 0.717) is 5.56 Å². The lowest BCUT2D eigenvalue weighted by atomic mass is 9.67. The van der Waals surface area contributed by atoms with Gasteiger partial charge in [0.15, 0.2) is 0 Å². The molecule has 5 aromatic carbocycles. The van der Waals surface area contributed by atoms with Crippen molar-refractivity contribution in [2.24, 2.45) is 0 Å². The number of hydrogen-bond donors (Lipinski definition) is 0. The van der Waals surface area contributed by atoms with Crippen molar-refractivity contribution in [2.45, 2.75) is 18.8 Å². The van der Waals surface area contributed by atoms with Crippen LogP contribution in [0.5, 0.6) is 0 Å². The number of nitrogens with zero attached hydrogens (tertiary/aromatic N) is 3. The molecule has 2 heterocycles. The van der Waals surface area contributed by atoms with Crippen LogP contribution in [0.3, 0.4) is 0 Å². The van der Waals surface area contributed by atoms with Crippen molar-refractivity contribution in [3.63, 3.8) is 0 Å². The van der Waals surface area contributed by atoms with Gasteiger partial charge >= 0.3 is 0 Å². The van der Waals surface area contributed by atoms with Gasteiger partial charge in [-0.05, 0) is 63.7 Å². The van der Waals surface area contributed by atoms with Crippen molar-refractivity contribution < 1.29 is 4.42 Å². The largest absolute Gasteiger partial charge is 0.463 e. The molecule has 4 heteroatoms. The zero-order chi connectivity index (χ0) is 27.6. The third-order valence-corrected chi connectivity index (χ3v) is 8.58. The third kappa shape index (κ3) is 3.12. The summed E-state index contributed by atoms with van der Waals surface area (Å²) in [5.41, 5.74) is 10.9. The lowest BCUT2D eigenvalue weighted by molar-refractivity contribution is 0.614. The van der Waals surface area contributed by atoms with Crippen LogP contribution in [0, 0.1) is 11.3 Å². The molecule has 4 nitrogen and oxygen atoms in total. The number of furan rings is 1. The minimum Gasteiger partial charge on any atom is -0.463 e. The number of imidazole rings is 1. The van der Waals surface area contributed by atoms with Crippen molar-refractivity contribution >= 4 is 22.0 Å². The second kappa shape index (κ2) is 8.81. The van der Waals surface area contributed by atoms with E-state index in [9.17, 15) is 5.26 Å². The van der Waals surface area contributed by atoms with Crippen molar-refractivity contribution in [1.29, 1.82) is 5.26 Å². The minimum absolute atomic E-state index is 0.560. The van der Waals surface area contributed by atoms with Gasteiger partial charge in [0.25, 0.3) is 0 Å². The SMILES string of the molecule is CCc1nc2ccccc2n1-c1ccc(C2(c3ccccc3)c3ccccc3-c3c2ccc2occ(C#N)c32)cc1. The van der Waals surface area contributed by atoms with Gasteiger partial charge in [-0.15, -0.1) is 0 Å². The molecule has 0 spiro atoms. The highest BCUT2D eigenvalue weighted by Crippen LogP contribution is 2.58. The van der Waals surface area contributed by atoms with Gasteiger partial charge in [-0.25, -0.2) is 4.98 Å². The van der Waals surface area contributed by atoms with Crippen molar-refractivity contribution in [3.05, 3.63) is 155 Å².